The Morgan fingerprint density at radius 1 is 1.10 bits per heavy atom. The van der Waals surface area contributed by atoms with E-state index in [1.54, 1.807) is 37.4 Å². The molecule has 4 rings (SSSR count). The third-order valence-electron chi connectivity index (χ3n) is 5.52. The molecule has 0 bridgehead atoms. The number of piperidine rings is 1. The summed E-state index contributed by atoms with van der Waals surface area (Å²) in [6.07, 6.45) is 2.01. The SMILES string of the molecule is COc1ccc(S(=O)(=O)N2CCOc3ccccc32)cc1NC1CCN(C)CC1. The zero-order chi connectivity index (χ0) is 20.4. The first kappa shape index (κ1) is 19.8. The molecule has 0 saturated carbocycles. The van der Waals surface area contributed by atoms with E-state index in [0.29, 0.717) is 35.5 Å². The Labute approximate surface area is 172 Å². The van der Waals surface area contributed by atoms with E-state index in [-0.39, 0.29) is 11.4 Å². The van der Waals surface area contributed by atoms with Gasteiger partial charge in [0.15, 0.2) is 0 Å². The summed E-state index contributed by atoms with van der Waals surface area (Å²) in [7, 11) is -0.00895. The van der Waals surface area contributed by atoms with Crippen molar-refractivity contribution in [2.24, 2.45) is 0 Å². The number of fused-ring (bicyclic) bond motifs is 1. The van der Waals surface area contributed by atoms with Crippen molar-refractivity contribution in [3.05, 3.63) is 42.5 Å². The molecule has 0 aromatic heterocycles. The standard InChI is InChI=1S/C21H27N3O4S/c1-23-11-9-16(10-12-23)22-18-15-17(7-8-20(18)27-2)29(25,26)24-13-14-28-21-6-4-3-5-19(21)24/h3-8,15-16,22H,9-14H2,1-2H3. The van der Waals surface area contributed by atoms with Gasteiger partial charge in [-0.1, -0.05) is 12.1 Å². The number of nitrogens with one attached hydrogen (secondary N) is 1. The lowest BCUT2D eigenvalue weighted by atomic mass is 10.1. The molecule has 0 atom stereocenters. The molecule has 2 aliphatic rings. The van der Waals surface area contributed by atoms with E-state index in [0.717, 1.165) is 25.9 Å². The number of nitrogens with zero attached hydrogens (tertiary/aromatic N) is 2. The topological polar surface area (TPSA) is 71.1 Å². The Kier molecular flexibility index (Phi) is 5.56. The number of hydrogen-bond donors (Lipinski definition) is 1. The van der Waals surface area contributed by atoms with E-state index in [1.807, 2.05) is 12.1 Å². The van der Waals surface area contributed by atoms with E-state index in [1.165, 1.54) is 4.31 Å². The molecule has 156 valence electrons. The van der Waals surface area contributed by atoms with Gasteiger partial charge in [0.05, 0.1) is 29.9 Å². The maximum Gasteiger partial charge on any atom is 0.264 e. The minimum absolute atomic E-state index is 0.241. The maximum absolute atomic E-state index is 13.4. The lowest BCUT2D eigenvalue weighted by molar-refractivity contribution is 0.263. The molecule has 1 N–H and O–H groups in total. The van der Waals surface area contributed by atoms with Gasteiger partial charge in [0, 0.05) is 6.04 Å². The average Bonchev–Trinajstić information content (AvgIpc) is 2.75. The molecule has 1 saturated heterocycles. The molecule has 7 nitrogen and oxygen atoms in total. The second-order valence-corrected chi connectivity index (χ2v) is 9.34. The highest BCUT2D eigenvalue weighted by molar-refractivity contribution is 7.92. The quantitative estimate of drug-likeness (QED) is 0.807. The first-order valence-corrected chi connectivity index (χ1v) is 11.3. The maximum atomic E-state index is 13.4. The number of likely N-dealkylation sites (tertiary alicyclic amines) is 1. The smallest absolute Gasteiger partial charge is 0.264 e. The van der Waals surface area contributed by atoms with Gasteiger partial charge in [0.2, 0.25) is 0 Å². The number of methoxy groups -OCH3 is 1. The van der Waals surface area contributed by atoms with Crippen LogP contribution in [-0.2, 0) is 10.0 Å². The van der Waals surface area contributed by atoms with Crippen molar-refractivity contribution in [2.45, 2.75) is 23.8 Å². The summed E-state index contributed by atoms with van der Waals surface area (Å²) in [5, 5.41) is 3.50. The minimum atomic E-state index is -3.72. The molecule has 2 heterocycles. The van der Waals surface area contributed by atoms with Crippen molar-refractivity contribution >= 4 is 21.4 Å². The molecular formula is C21H27N3O4S. The molecule has 2 aromatic carbocycles. The highest BCUT2D eigenvalue weighted by Crippen LogP contribution is 2.37. The van der Waals surface area contributed by atoms with Crippen LogP contribution in [0.15, 0.2) is 47.4 Å². The van der Waals surface area contributed by atoms with E-state index < -0.39 is 10.0 Å². The summed E-state index contributed by atoms with van der Waals surface area (Å²) in [6, 6.07) is 12.5. The fourth-order valence-corrected chi connectivity index (χ4v) is 5.34. The van der Waals surface area contributed by atoms with E-state index in [9.17, 15) is 8.42 Å². The Morgan fingerprint density at radius 2 is 1.86 bits per heavy atom. The highest BCUT2D eigenvalue weighted by Gasteiger charge is 2.30. The van der Waals surface area contributed by atoms with Crippen molar-refractivity contribution in [3.63, 3.8) is 0 Å². The van der Waals surface area contributed by atoms with Crippen LogP contribution in [0.25, 0.3) is 0 Å². The predicted octanol–water partition coefficient (Wildman–Crippen LogP) is 2.79. The minimum Gasteiger partial charge on any atom is -0.495 e. The van der Waals surface area contributed by atoms with Gasteiger partial charge in [-0.15, -0.1) is 0 Å². The molecular weight excluding hydrogens is 390 g/mol. The number of anilines is 2. The second-order valence-electron chi connectivity index (χ2n) is 7.48. The molecule has 29 heavy (non-hydrogen) atoms. The largest absolute Gasteiger partial charge is 0.495 e. The van der Waals surface area contributed by atoms with Gasteiger partial charge >= 0.3 is 0 Å². The van der Waals surface area contributed by atoms with Crippen LogP contribution in [0.1, 0.15) is 12.8 Å². The zero-order valence-corrected chi connectivity index (χ0v) is 17.6. The van der Waals surface area contributed by atoms with E-state index >= 15 is 0 Å². The molecule has 0 amide bonds. The molecule has 2 aliphatic heterocycles. The van der Waals surface area contributed by atoms with Crippen molar-refractivity contribution in [1.82, 2.24) is 4.90 Å². The van der Waals surface area contributed by atoms with Gasteiger partial charge in [0.1, 0.15) is 18.1 Å². The lowest BCUT2D eigenvalue weighted by Gasteiger charge is -2.31. The molecule has 1 fully saturated rings. The number of para-hydroxylation sites is 2. The molecule has 8 heteroatoms. The van der Waals surface area contributed by atoms with Gasteiger partial charge in [-0.2, -0.15) is 0 Å². The summed E-state index contributed by atoms with van der Waals surface area (Å²) in [4.78, 5) is 2.54. The van der Waals surface area contributed by atoms with Gasteiger partial charge < -0.3 is 19.7 Å². The number of rotatable bonds is 5. The van der Waals surface area contributed by atoms with Gasteiger partial charge in [-0.25, -0.2) is 8.42 Å². The fraction of sp³-hybridized carbons (Fsp3) is 0.429. The molecule has 2 aromatic rings. The van der Waals surface area contributed by atoms with Gasteiger partial charge in [-0.05, 0) is 63.3 Å². The molecule has 0 unspecified atom stereocenters. The average molecular weight is 418 g/mol. The second kappa shape index (κ2) is 8.12. The summed E-state index contributed by atoms with van der Waals surface area (Å²) >= 11 is 0. The van der Waals surface area contributed by atoms with Gasteiger partial charge in [-0.3, -0.25) is 4.31 Å². The van der Waals surface area contributed by atoms with Crippen LogP contribution >= 0.6 is 0 Å². The van der Waals surface area contributed by atoms with Crippen LogP contribution in [0.3, 0.4) is 0 Å². The molecule has 0 radical (unpaired) electrons. The number of sulfonamides is 1. The van der Waals surface area contributed by atoms with Gasteiger partial charge in [0.25, 0.3) is 10.0 Å². The Hall–Kier alpha value is -2.45. The van der Waals surface area contributed by atoms with Crippen LogP contribution in [0.2, 0.25) is 0 Å². The Bertz CT molecular complexity index is 972. The monoisotopic (exact) mass is 417 g/mol. The predicted molar refractivity (Wildman–Crippen MR) is 114 cm³/mol. The number of hydrogen-bond acceptors (Lipinski definition) is 6. The summed E-state index contributed by atoms with van der Waals surface area (Å²) in [5.41, 5.74) is 1.28. The van der Waals surface area contributed by atoms with E-state index in [4.69, 9.17) is 9.47 Å². The summed E-state index contributed by atoms with van der Waals surface area (Å²) < 4.78 is 39.4. The lowest BCUT2D eigenvalue weighted by Crippen LogP contribution is -2.38. The van der Waals surface area contributed by atoms with Crippen molar-refractivity contribution < 1.29 is 17.9 Å². The Balaban J connectivity index is 1.65. The van der Waals surface area contributed by atoms with Crippen molar-refractivity contribution in [1.29, 1.82) is 0 Å². The van der Waals surface area contributed by atoms with Crippen LogP contribution in [0.4, 0.5) is 11.4 Å². The highest BCUT2D eigenvalue weighted by atomic mass is 32.2. The van der Waals surface area contributed by atoms with Crippen LogP contribution in [-0.4, -0.2) is 59.8 Å². The summed E-state index contributed by atoms with van der Waals surface area (Å²) in [5.74, 6) is 1.23. The normalized spacial score (nSPS) is 18.1. The van der Waals surface area contributed by atoms with Crippen molar-refractivity contribution in [2.75, 3.05) is 50.0 Å². The molecule has 0 spiro atoms. The van der Waals surface area contributed by atoms with Crippen molar-refractivity contribution in [3.8, 4) is 11.5 Å². The van der Waals surface area contributed by atoms with E-state index in [2.05, 4.69) is 17.3 Å². The van der Waals surface area contributed by atoms with Crippen LogP contribution in [0, 0.1) is 0 Å². The Morgan fingerprint density at radius 3 is 2.62 bits per heavy atom. The first-order valence-electron chi connectivity index (χ1n) is 9.87. The fourth-order valence-electron chi connectivity index (χ4n) is 3.85. The third-order valence-corrected chi connectivity index (χ3v) is 7.33. The third kappa shape index (κ3) is 4.00. The first-order chi connectivity index (χ1) is 14.0. The zero-order valence-electron chi connectivity index (χ0n) is 16.8. The van der Waals surface area contributed by atoms with Crippen LogP contribution in [0.5, 0.6) is 11.5 Å². The summed E-state index contributed by atoms with van der Waals surface area (Å²) in [6.45, 7) is 2.64. The molecule has 0 aliphatic carbocycles. The number of benzene rings is 2. The number of ether oxygens (including phenoxy) is 2. The van der Waals surface area contributed by atoms with Crippen LogP contribution < -0.4 is 19.1 Å².